The van der Waals surface area contributed by atoms with Crippen molar-refractivity contribution in [3.8, 4) is 29.1 Å². The van der Waals surface area contributed by atoms with Gasteiger partial charge in [-0.15, -0.1) is 0 Å². The fourth-order valence-corrected chi connectivity index (χ4v) is 3.48. The van der Waals surface area contributed by atoms with Gasteiger partial charge < -0.3 is 29.5 Å². The van der Waals surface area contributed by atoms with E-state index < -0.39 is 11.5 Å². The number of aromatic hydroxyl groups is 1. The van der Waals surface area contributed by atoms with E-state index in [-0.39, 0.29) is 40.0 Å². The summed E-state index contributed by atoms with van der Waals surface area (Å²) in [7, 11) is 2.76. The van der Waals surface area contributed by atoms with Crippen LogP contribution in [0.15, 0.2) is 57.1 Å². The van der Waals surface area contributed by atoms with Crippen molar-refractivity contribution in [3.05, 3.63) is 69.4 Å². The molecule has 4 rings (SSSR count). The van der Waals surface area contributed by atoms with E-state index in [4.69, 9.17) is 24.4 Å². The molecule has 3 aromatic rings. The van der Waals surface area contributed by atoms with E-state index in [0.717, 1.165) is 0 Å². The first kappa shape index (κ1) is 18.3. The molecule has 0 aliphatic carbocycles. The zero-order chi connectivity index (χ0) is 20.7. The number of allylic oxidation sites excluding steroid dienone is 1. The Morgan fingerprint density at radius 2 is 1.83 bits per heavy atom. The third-order valence-corrected chi connectivity index (χ3v) is 4.81. The Kier molecular flexibility index (Phi) is 4.28. The molecule has 0 bridgehead atoms. The quantitative estimate of drug-likeness (QED) is 0.651. The van der Waals surface area contributed by atoms with Crippen molar-refractivity contribution >= 4 is 11.0 Å². The highest BCUT2D eigenvalue weighted by Gasteiger charge is 2.36. The number of rotatable bonds is 3. The molecule has 2 aromatic carbocycles. The summed E-state index contributed by atoms with van der Waals surface area (Å²) in [5.41, 5.74) is 6.33. The van der Waals surface area contributed by atoms with Gasteiger partial charge in [-0.3, -0.25) is 0 Å². The van der Waals surface area contributed by atoms with E-state index >= 15 is 0 Å². The summed E-state index contributed by atoms with van der Waals surface area (Å²) < 4.78 is 21.6. The molecule has 1 aliphatic heterocycles. The summed E-state index contributed by atoms with van der Waals surface area (Å²) >= 11 is 0. The average Bonchev–Trinajstić information content (AvgIpc) is 2.73. The molecular weight excluding hydrogens is 376 g/mol. The maximum atomic E-state index is 12.9. The molecule has 1 unspecified atom stereocenters. The first-order chi connectivity index (χ1) is 14.0. The van der Waals surface area contributed by atoms with Crippen LogP contribution in [0.4, 0.5) is 0 Å². The van der Waals surface area contributed by atoms with Crippen LogP contribution in [-0.4, -0.2) is 19.3 Å². The first-order valence-corrected chi connectivity index (χ1v) is 8.58. The summed E-state index contributed by atoms with van der Waals surface area (Å²) in [6.07, 6.45) is 0. The number of nitriles is 1. The van der Waals surface area contributed by atoms with Gasteiger partial charge in [0.1, 0.15) is 17.2 Å². The standard InChI is InChI=1S/C21H16N2O6/c1-26-14-7-10(8-15(27-2)18(14)24)16-12(9-22)20(23)29-19-11-5-3-4-6-13(11)28-21(25)17(16)19/h3-8,16,24H,23H2,1-2H3. The Morgan fingerprint density at radius 1 is 1.17 bits per heavy atom. The average molecular weight is 392 g/mol. The lowest BCUT2D eigenvalue weighted by molar-refractivity contribution is 0.338. The van der Waals surface area contributed by atoms with Crippen molar-refractivity contribution in [3.63, 3.8) is 0 Å². The number of ether oxygens (including phenoxy) is 3. The number of phenols is 1. The molecular formula is C21H16N2O6. The van der Waals surface area contributed by atoms with Crippen molar-refractivity contribution in [2.24, 2.45) is 5.73 Å². The van der Waals surface area contributed by atoms with E-state index in [9.17, 15) is 15.2 Å². The van der Waals surface area contributed by atoms with Crippen LogP contribution in [0.25, 0.3) is 11.0 Å². The molecule has 1 aromatic heterocycles. The molecule has 8 nitrogen and oxygen atoms in total. The van der Waals surface area contributed by atoms with E-state index in [2.05, 4.69) is 0 Å². The molecule has 0 radical (unpaired) electrons. The second-order valence-corrected chi connectivity index (χ2v) is 6.33. The molecule has 1 atom stereocenters. The normalized spacial score (nSPS) is 15.4. The lowest BCUT2D eigenvalue weighted by Gasteiger charge is -2.26. The van der Waals surface area contributed by atoms with Crippen LogP contribution >= 0.6 is 0 Å². The Balaban J connectivity index is 2.08. The second-order valence-electron chi connectivity index (χ2n) is 6.33. The number of phenolic OH excluding ortho intramolecular Hbond substituents is 1. The van der Waals surface area contributed by atoms with Gasteiger partial charge >= 0.3 is 5.63 Å². The van der Waals surface area contributed by atoms with Crippen LogP contribution < -0.4 is 25.6 Å². The largest absolute Gasteiger partial charge is 0.502 e. The number of nitrogens with two attached hydrogens (primary N) is 1. The van der Waals surface area contributed by atoms with Gasteiger partial charge in [0.15, 0.2) is 17.2 Å². The van der Waals surface area contributed by atoms with Crippen LogP contribution in [0, 0.1) is 11.3 Å². The summed E-state index contributed by atoms with van der Waals surface area (Å²) in [6.45, 7) is 0. The van der Waals surface area contributed by atoms with Crippen molar-refractivity contribution in [2.45, 2.75) is 5.92 Å². The topological polar surface area (TPSA) is 128 Å². The molecule has 29 heavy (non-hydrogen) atoms. The molecule has 0 saturated carbocycles. The van der Waals surface area contributed by atoms with Crippen molar-refractivity contribution in [1.29, 1.82) is 5.26 Å². The SMILES string of the molecule is COc1cc(C2C(C#N)=C(N)Oc3c2c(=O)oc2ccccc32)cc(OC)c1O. The van der Waals surface area contributed by atoms with Crippen LogP contribution in [0.3, 0.4) is 0 Å². The minimum absolute atomic E-state index is 0.0369. The minimum atomic E-state index is -0.895. The first-order valence-electron chi connectivity index (χ1n) is 8.58. The highest BCUT2D eigenvalue weighted by molar-refractivity contribution is 5.86. The summed E-state index contributed by atoms with van der Waals surface area (Å²) in [4.78, 5) is 12.9. The van der Waals surface area contributed by atoms with Gasteiger partial charge in [-0.2, -0.15) is 5.26 Å². The van der Waals surface area contributed by atoms with E-state index in [0.29, 0.717) is 16.5 Å². The van der Waals surface area contributed by atoms with Gasteiger partial charge in [0, 0.05) is 0 Å². The lowest BCUT2D eigenvalue weighted by Crippen LogP contribution is -2.26. The Bertz CT molecular complexity index is 1240. The number of para-hydroxylation sites is 1. The highest BCUT2D eigenvalue weighted by atomic mass is 16.5. The Labute approximate surface area is 164 Å². The van der Waals surface area contributed by atoms with Crippen molar-refractivity contribution < 1.29 is 23.7 Å². The number of fused-ring (bicyclic) bond motifs is 3. The number of hydrogen-bond acceptors (Lipinski definition) is 8. The summed E-state index contributed by atoms with van der Waals surface area (Å²) in [5, 5.41) is 20.5. The number of benzene rings is 2. The predicted molar refractivity (Wildman–Crippen MR) is 103 cm³/mol. The molecule has 0 fully saturated rings. The van der Waals surface area contributed by atoms with E-state index in [1.54, 1.807) is 24.3 Å². The fraction of sp³-hybridized carbons (Fsp3) is 0.143. The Hall–Kier alpha value is -4.12. The van der Waals surface area contributed by atoms with Gasteiger partial charge in [0.2, 0.25) is 11.6 Å². The highest BCUT2D eigenvalue weighted by Crippen LogP contribution is 2.47. The van der Waals surface area contributed by atoms with Crippen LogP contribution in [0.1, 0.15) is 17.0 Å². The van der Waals surface area contributed by atoms with Gasteiger partial charge in [-0.1, -0.05) is 12.1 Å². The monoisotopic (exact) mass is 392 g/mol. The van der Waals surface area contributed by atoms with E-state index in [1.165, 1.54) is 26.4 Å². The zero-order valence-electron chi connectivity index (χ0n) is 15.6. The molecule has 8 heteroatoms. The second kappa shape index (κ2) is 6.80. The molecule has 0 spiro atoms. The van der Waals surface area contributed by atoms with Crippen molar-refractivity contribution in [2.75, 3.05) is 14.2 Å². The van der Waals surface area contributed by atoms with Crippen LogP contribution in [-0.2, 0) is 0 Å². The van der Waals surface area contributed by atoms with Crippen LogP contribution in [0.5, 0.6) is 23.0 Å². The third-order valence-electron chi connectivity index (χ3n) is 4.81. The molecule has 3 N–H and O–H groups in total. The third kappa shape index (κ3) is 2.72. The molecule has 146 valence electrons. The lowest BCUT2D eigenvalue weighted by atomic mass is 9.83. The minimum Gasteiger partial charge on any atom is -0.502 e. The fourth-order valence-electron chi connectivity index (χ4n) is 3.48. The summed E-state index contributed by atoms with van der Waals surface area (Å²) in [6, 6.07) is 11.9. The van der Waals surface area contributed by atoms with Gasteiger partial charge in [-0.25, -0.2) is 4.79 Å². The summed E-state index contributed by atoms with van der Waals surface area (Å²) in [5.74, 6) is -0.752. The number of nitrogens with zero attached hydrogens (tertiary/aromatic N) is 1. The predicted octanol–water partition coefficient (Wildman–Crippen LogP) is 2.73. The molecule has 0 amide bonds. The van der Waals surface area contributed by atoms with Gasteiger partial charge in [0.25, 0.3) is 0 Å². The number of methoxy groups -OCH3 is 2. The van der Waals surface area contributed by atoms with Gasteiger partial charge in [-0.05, 0) is 29.8 Å². The van der Waals surface area contributed by atoms with Crippen LogP contribution in [0.2, 0.25) is 0 Å². The zero-order valence-corrected chi connectivity index (χ0v) is 15.6. The maximum Gasteiger partial charge on any atom is 0.344 e. The van der Waals surface area contributed by atoms with Crippen molar-refractivity contribution in [1.82, 2.24) is 0 Å². The molecule has 0 saturated heterocycles. The Morgan fingerprint density at radius 3 is 2.45 bits per heavy atom. The maximum absolute atomic E-state index is 12.9. The molecule has 2 heterocycles. The molecule has 1 aliphatic rings. The van der Waals surface area contributed by atoms with E-state index in [1.807, 2.05) is 6.07 Å². The smallest absolute Gasteiger partial charge is 0.344 e. The number of hydrogen-bond donors (Lipinski definition) is 2. The van der Waals surface area contributed by atoms with Gasteiger partial charge in [0.05, 0.1) is 31.1 Å².